The van der Waals surface area contributed by atoms with Crippen LogP contribution < -0.4 is 0 Å². The predicted octanol–water partition coefficient (Wildman–Crippen LogP) is 10.4. The zero-order valence-electron chi connectivity index (χ0n) is 28.7. The Morgan fingerprint density at radius 2 is 1.02 bits per heavy atom. The van der Waals surface area contributed by atoms with Gasteiger partial charge in [-0.15, -0.1) is 0 Å². The number of hydrogen-bond acceptors (Lipinski definition) is 4. The van der Waals surface area contributed by atoms with Gasteiger partial charge in [-0.25, -0.2) is 0 Å². The van der Waals surface area contributed by atoms with E-state index >= 15 is 0 Å². The summed E-state index contributed by atoms with van der Waals surface area (Å²) in [6.07, 6.45) is 25.4. The van der Waals surface area contributed by atoms with Crippen molar-refractivity contribution in [3.8, 4) is 0 Å². The van der Waals surface area contributed by atoms with Crippen molar-refractivity contribution in [3.05, 3.63) is 69.9 Å². The summed E-state index contributed by atoms with van der Waals surface area (Å²) in [6, 6.07) is 0. The second-order valence-corrected chi connectivity index (χ2v) is 11.6. The van der Waals surface area contributed by atoms with Crippen molar-refractivity contribution in [2.45, 2.75) is 132 Å². The van der Waals surface area contributed by atoms with E-state index in [-0.39, 0.29) is 12.7 Å². The maximum absolute atomic E-state index is 9.00. The molecular formula is C38H66O4. The molecule has 0 aliphatic carbocycles. The number of rotatable bonds is 26. The third-order valence-electron chi connectivity index (χ3n) is 7.57. The van der Waals surface area contributed by atoms with E-state index in [1.807, 2.05) is 13.0 Å². The minimum atomic E-state index is 0.0916. The number of ether oxygens (including phenoxy) is 3. The van der Waals surface area contributed by atoms with Gasteiger partial charge < -0.3 is 19.3 Å². The molecule has 0 aromatic heterocycles. The Labute approximate surface area is 260 Å². The Morgan fingerprint density at radius 3 is 1.55 bits per heavy atom. The van der Waals surface area contributed by atoms with Crippen molar-refractivity contribution in [3.63, 3.8) is 0 Å². The van der Waals surface area contributed by atoms with E-state index < -0.39 is 0 Å². The minimum Gasteiger partial charge on any atom is -0.392 e. The van der Waals surface area contributed by atoms with Gasteiger partial charge in [0.2, 0.25) is 0 Å². The fourth-order valence-corrected chi connectivity index (χ4v) is 4.64. The van der Waals surface area contributed by atoms with Crippen LogP contribution in [0.4, 0.5) is 0 Å². The highest BCUT2D eigenvalue weighted by Gasteiger charge is 2.11. The normalized spacial score (nSPS) is 15.1. The predicted molar refractivity (Wildman–Crippen MR) is 183 cm³/mol. The molecular weight excluding hydrogens is 520 g/mol. The number of hydrogen-bond donors (Lipinski definition) is 1. The fraction of sp³-hybridized carbons (Fsp3) is 0.684. The molecule has 4 heteroatoms. The summed E-state index contributed by atoms with van der Waals surface area (Å²) < 4.78 is 17.4. The Hall–Kier alpha value is -1.72. The van der Waals surface area contributed by atoms with Crippen molar-refractivity contribution >= 4 is 0 Å². The van der Waals surface area contributed by atoms with E-state index in [9.17, 15) is 0 Å². The lowest BCUT2D eigenvalue weighted by Crippen LogP contribution is -2.17. The standard InChI is InChI=1S/C38H66O4/c1-9-40-29-15-23-34(5)19-11-16-32(3)18-13-21-36(7)26-31-42-38(27-30-41-10-2)37(8)24-14-22-33(4)17-12-20-35(6)25-28-39/h17-19,24-26,38-39H,9-16,20-23,27-31H2,1-8H3. The Morgan fingerprint density at radius 1 is 0.571 bits per heavy atom. The van der Waals surface area contributed by atoms with Gasteiger partial charge in [0.05, 0.1) is 19.3 Å². The lowest BCUT2D eigenvalue weighted by Gasteiger charge is -2.18. The van der Waals surface area contributed by atoms with Gasteiger partial charge >= 0.3 is 0 Å². The largest absolute Gasteiger partial charge is 0.392 e. The first-order valence-corrected chi connectivity index (χ1v) is 16.6. The molecule has 0 aromatic carbocycles. The lowest BCUT2D eigenvalue weighted by molar-refractivity contribution is 0.0573. The smallest absolute Gasteiger partial charge is 0.0808 e. The molecule has 1 atom stereocenters. The van der Waals surface area contributed by atoms with E-state index in [0.717, 1.165) is 97.1 Å². The van der Waals surface area contributed by atoms with Crippen LogP contribution in [0, 0.1) is 0 Å². The Bertz CT molecular complexity index is 856. The van der Waals surface area contributed by atoms with Crippen LogP contribution in [0.5, 0.6) is 0 Å². The molecule has 0 fully saturated rings. The summed E-state index contributed by atoms with van der Waals surface area (Å²) in [5, 5.41) is 9.00. The SMILES string of the molecule is CCOCCCC(C)=CCCC(C)=CCCC(C)=CCOC(CCOCC)C(C)=CCCC(C)=CCCC(C)=CCO. The maximum atomic E-state index is 9.00. The van der Waals surface area contributed by atoms with Gasteiger partial charge in [-0.05, 0) is 125 Å². The molecule has 0 saturated heterocycles. The highest BCUT2D eigenvalue weighted by Crippen LogP contribution is 2.17. The Balaban J connectivity index is 4.62. The lowest BCUT2D eigenvalue weighted by atomic mass is 10.0. The molecule has 4 nitrogen and oxygen atoms in total. The number of allylic oxidation sites excluding steroid dienone is 9. The summed E-state index contributed by atoms with van der Waals surface area (Å²) >= 11 is 0. The van der Waals surface area contributed by atoms with Crippen LogP contribution >= 0.6 is 0 Å². The highest BCUT2D eigenvalue weighted by atomic mass is 16.5. The first-order valence-electron chi connectivity index (χ1n) is 16.6. The van der Waals surface area contributed by atoms with Gasteiger partial charge in [0.25, 0.3) is 0 Å². The topological polar surface area (TPSA) is 47.9 Å². The van der Waals surface area contributed by atoms with Crippen molar-refractivity contribution in [2.75, 3.05) is 39.6 Å². The molecule has 0 radical (unpaired) electrons. The zero-order chi connectivity index (χ0) is 31.4. The zero-order valence-corrected chi connectivity index (χ0v) is 28.7. The first kappa shape index (κ1) is 40.3. The van der Waals surface area contributed by atoms with Crippen molar-refractivity contribution in [1.82, 2.24) is 0 Å². The third kappa shape index (κ3) is 24.8. The highest BCUT2D eigenvalue weighted by molar-refractivity contribution is 5.10. The van der Waals surface area contributed by atoms with Gasteiger partial charge in [0.15, 0.2) is 0 Å². The monoisotopic (exact) mass is 586 g/mol. The molecule has 0 spiro atoms. The number of aliphatic hydroxyl groups is 1. The van der Waals surface area contributed by atoms with Gasteiger partial charge in [-0.1, -0.05) is 64.3 Å². The molecule has 0 aliphatic heterocycles. The van der Waals surface area contributed by atoms with E-state index in [0.29, 0.717) is 6.61 Å². The average molecular weight is 587 g/mol. The molecule has 0 amide bonds. The van der Waals surface area contributed by atoms with Crippen LogP contribution in [0.15, 0.2) is 69.9 Å². The molecule has 1 unspecified atom stereocenters. The van der Waals surface area contributed by atoms with Crippen LogP contribution in [0.2, 0.25) is 0 Å². The van der Waals surface area contributed by atoms with Gasteiger partial charge in [-0.3, -0.25) is 0 Å². The van der Waals surface area contributed by atoms with Crippen LogP contribution in [-0.2, 0) is 14.2 Å². The summed E-state index contributed by atoms with van der Waals surface area (Å²) in [4.78, 5) is 0. The fourth-order valence-electron chi connectivity index (χ4n) is 4.64. The van der Waals surface area contributed by atoms with Crippen LogP contribution in [0.1, 0.15) is 126 Å². The summed E-state index contributed by atoms with van der Waals surface area (Å²) in [5.41, 5.74) is 8.32. The summed E-state index contributed by atoms with van der Waals surface area (Å²) in [5.74, 6) is 0. The first-order chi connectivity index (χ1) is 20.2. The quantitative estimate of drug-likeness (QED) is 0.0809. The number of aliphatic hydroxyl groups excluding tert-OH is 1. The average Bonchev–Trinajstić information content (AvgIpc) is 2.94. The third-order valence-corrected chi connectivity index (χ3v) is 7.57. The minimum absolute atomic E-state index is 0.0916. The van der Waals surface area contributed by atoms with Gasteiger partial charge in [0, 0.05) is 32.8 Å². The second kappa shape index (κ2) is 28.1. The van der Waals surface area contributed by atoms with Crippen molar-refractivity contribution < 1.29 is 19.3 Å². The second-order valence-electron chi connectivity index (χ2n) is 11.6. The van der Waals surface area contributed by atoms with Crippen molar-refractivity contribution in [1.29, 1.82) is 0 Å². The van der Waals surface area contributed by atoms with E-state index in [2.05, 4.69) is 78.8 Å². The molecule has 0 aliphatic rings. The molecule has 0 bridgehead atoms. The van der Waals surface area contributed by atoms with E-state index in [1.54, 1.807) is 0 Å². The molecule has 42 heavy (non-hydrogen) atoms. The van der Waals surface area contributed by atoms with E-state index in [1.165, 1.54) is 33.4 Å². The Kier molecular flexibility index (Phi) is 26.9. The summed E-state index contributed by atoms with van der Waals surface area (Å²) in [6.45, 7) is 21.2. The molecule has 0 aromatic rings. The van der Waals surface area contributed by atoms with Crippen LogP contribution in [-0.4, -0.2) is 50.9 Å². The molecule has 1 N–H and O–H groups in total. The van der Waals surface area contributed by atoms with E-state index in [4.69, 9.17) is 19.3 Å². The van der Waals surface area contributed by atoms with Crippen LogP contribution in [0.3, 0.4) is 0 Å². The van der Waals surface area contributed by atoms with Crippen molar-refractivity contribution in [2.24, 2.45) is 0 Å². The molecule has 0 saturated carbocycles. The molecule has 0 rings (SSSR count). The maximum Gasteiger partial charge on any atom is 0.0808 e. The van der Waals surface area contributed by atoms with Gasteiger partial charge in [-0.2, -0.15) is 0 Å². The van der Waals surface area contributed by atoms with Crippen LogP contribution in [0.25, 0.3) is 0 Å². The van der Waals surface area contributed by atoms with Gasteiger partial charge in [0.1, 0.15) is 0 Å². The molecule has 0 heterocycles. The molecule has 242 valence electrons. The summed E-state index contributed by atoms with van der Waals surface area (Å²) in [7, 11) is 0.